The predicted molar refractivity (Wildman–Crippen MR) is 204 cm³/mol. The summed E-state index contributed by atoms with van der Waals surface area (Å²) in [6.45, 7) is 0. The third-order valence-electron chi connectivity index (χ3n) is 8.31. The average Bonchev–Trinajstić information content (AvgIpc) is 3.13. The van der Waals surface area contributed by atoms with Crippen LogP contribution in [0.5, 0.6) is 0 Å². The number of nitrogens with one attached hydrogen (secondary N) is 7. The first-order valence-corrected chi connectivity index (χ1v) is 21.7. The van der Waals surface area contributed by atoms with Gasteiger partial charge in [-0.1, -0.05) is 12.2 Å². The third kappa shape index (κ3) is 13.2. The van der Waals surface area contributed by atoms with E-state index in [1.54, 1.807) is 0 Å². The summed E-state index contributed by atoms with van der Waals surface area (Å²) in [5.74, 6) is -1.95. The minimum Gasteiger partial charge on any atom is -0.846 e. The summed E-state index contributed by atoms with van der Waals surface area (Å²) in [7, 11) is -20.5. The maximum atomic E-state index is 12.9. The quantitative estimate of drug-likeness (QED) is 0.0322. The van der Waals surface area contributed by atoms with Gasteiger partial charge in [-0.15, -0.1) is 0 Å². The molecule has 2 aromatic carbocycles. The van der Waals surface area contributed by atoms with Gasteiger partial charge in [0.25, 0.3) is 10.1 Å². The Labute approximate surface area is 452 Å². The molecule has 64 heavy (non-hydrogen) atoms. The molecule has 0 spiro atoms. The number of aliphatic imine (C=N–C) groups is 1. The molecule has 8 N–H and O–H groups in total. The standard InChI is InChI=1S/C33H26N8O15S4.4Na/c34-21-5-1-15-9-19(57(45,46)47)13-25(42)29(15)31(21)40-38-23-7-3-17(11-27(23)59(51,52)53)36-33(44)37-18-4-8-24(28(12-18)60(54,55)56)39-41-32-22(35)6-2-16-10-20(58(48,49)50)14-26(43)30(16)32;;;;/h1-14,34-35,38-41H,(H2,36,37,44)(H,45,46,47)(H,48,49,50)(H,51,52,53)(H,54,55,56);;;;/q;4*+1/p-4. The van der Waals surface area contributed by atoms with Gasteiger partial charge in [0, 0.05) is 17.8 Å². The Balaban J connectivity index is 0.00000352. The van der Waals surface area contributed by atoms with Gasteiger partial charge in [-0.05, 0) is 71.8 Å². The average molecular weight is 991 g/mol. The van der Waals surface area contributed by atoms with E-state index >= 15 is 0 Å². The van der Waals surface area contributed by atoms with Crippen molar-refractivity contribution >= 4 is 92.2 Å². The van der Waals surface area contributed by atoms with Crippen LogP contribution >= 0.6 is 0 Å². The first-order valence-electron chi connectivity index (χ1n) is 16.0. The molecule has 0 amide bonds. The Morgan fingerprint density at radius 3 is 1.44 bits per heavy atom. The minimum absolute atomic E-state index is 0. The Bertz CT molecular complexity index is 3160. The monoisotopic (exact) mass is 990 g/mol. The van der Waals surface area contributed by atoms with Gasteiger partial charge in [0.05, 0.1) is 71.8 Å². The topological polar surface area (TPSA) is 403 Å². The maximum Gasteiger partial charge on any atom is 1.00 e. The zero-order valence-corrected chi connectivity index (χ0v) is 44.6. The molecule has 0 bridgehead atoms. The summed E-state index contributed by atoms with van der Waals surface area (Å²) in [6, 6.07) is 4.33. The van der Waals surface area contributed by atoms with E-state index in [1.165, 1.54) is 12.2 Å². The van der Waals surface area contributed by atoms with Gasteiger partial charge in [0.15, 0.2) is 11.6 Å². The van der Waals surface area contributed by atoms with E-state index in [0.29, 0.717) is 18.2 Å². The molecule has 0 saturated heterocycles. The van der Waals surface area contributed by atoms with Crippen molar-refractivity contribution in [3.63, 3.8) is 0 Å². The third-order valence-corrected chi connectivity index (χ3v) is 11.7. The van der Waals surface area contributed by atoms with E-state index in [2.05, 4.69) is 32.0 Å². The largest absolute Gasteiger partial charge is 1.00 e. The summed E-state index contributed by atoms with van der Waals surface area (Å²) < 4.78 is 140. The number of carbonyl (C=O) groups is 2. The summed E-state index contributed by atoms with van der Waals surface area (Å²) in [6.07, 6.45) is 7.56. The van der Waals surface area contributed by atoms with E-state index in [1.807, 2.05) is 0 Å². The number of carbonyl (C=O) groups excluding carboxylic acids is 2. The second kappa shape index (κ2) is 21.8. The summed E-state index contributed by atoms with van der Waals surface area (Å²) in [5, 5.41) is 31.5. The van der Waals surface area contributed by atoms with Crippen molar-refractivity contribution in [3.8, 4) is 0 Å². The number of amidine groups is 1. The SMILES string of the molecule is N=C1C=CC2=CC(S(=O)(=O)[O-])=CC(=O)C2=C1NNc1ccc(N=C([O-])Nc2ccc(NNC3=C4C(=O)C=C(S(=O)(=O)[O-])C=C4C=CC3=N)c(S(=O)(=O)O)c2)cc1S(=O)(=O)[O-].[Na+].[Na+].[Na+].[Na+]. The molecule has 0 atom stereocenters. The van der Waals surface area contributed by atoms with Crippen molar-refractivity contribution in [2.24, 2.45) is 4.99 Å². The van der Waals surface area contributed by atoms with Crippen molar-refractivity contribution in [1.82, 2.24) is 10.9 Å². The summed E-state index contributed by atoms with van der Waals surface area (Å²) in [4.78, 5) is 25.7. The number of anilines is 3. The number of ketones is 2. The van der Waals surface area contributed by atoms with Crippen molar-refractivity contribution in [2.75, 3.05) is 16.2 Å². The molecular formula is C33H22N8Na4O15S4. The molecule has 312 valence electrons. The normalized spacial score (nSPS) is 16.2. The Morgan fingerprint density at radius 2 is 1.02 bits per heavy atom. The molecule has 0 fully saturated rings. The second-order valence-corrected chi connectivity index (χ2v) is 17.8. The minimum atomic E-state index is -5.34. The molecule has 4 aliphatic carbocycles. The van der Waals surface area contributed by atoms with Crippen LogP contribution in [0, 0.1) is 10.8 Å². The molecule has 0 aliphatic heterocycles. The number of hydrogen-bond donors (Lipinski definition) is 8. The van der Waals surface area contributed by atoms with Crippen LogP contribution < -0.4 is 150 Å². The molecule has 31 heteroatoms. The Kier molecular flexibility index (Phi) is 19.6. The fourth-order valence-corrected chi connectivity index (χ4v) is 8.06. The molecule has 0 aromatic heterocycles. The van der Waals surface area contributed by atoms with Gasteiger partial charge in [0.1, 0.15) is 35.2 Å². The van der Waals surface area contributed by atoms with Crippen molar-refractivity contribution in [1.29, 1.82) is 10.8 Å². The second-order valence-electron chi connectivity index (χ2n) is 12.3. The van der Waals surface area contributed by atoms with Gasteiger partial charge in [-0.25, -0.2) is 30.2 Å². The Morgan fingerprint density at radius 1 is 0.578 bits per heavy atom. The molecule has 0 unspecified atom stereocenters. The molecule has 0 saturated carbocycles. The van der Waals surface area contributed by atoms with E-state index < -0.39 is 94.7 Å². The van der Waals surface area contributed by atoms with E-state index in [0.717, 1.165) is 54.6 Å². The van der Waals surface area contributed by atoms with Crippen molar-refractivity contribution in [2.45, 2.75) is 9.79 Å². The Hall–Kier alpha value is -2.85. The molecule has 2 aromatic rings. The summed E-state index contributed by atoms with van der Waals surface area (Å²) >= 11 is 0. The fourth-order valence-electron chi connectivity index (χ4n) is 5.69. The number of allylic oxidation sites excluding steroid dienone is 12. The molecular weight excluding hydrogens is 969 g/mol. The van der Waals surface area contributed by atoms with Crippen LogP contribution in [0.2, 0.25) is 0 Å². The first kappa shape index (κ1) is 57.3. The first-order chi connectivity index (χ1) is 27.8. The zero-order valence-electron chi connectivity index (χ0n) is 33.3. The number of hydrazine groups is 2. The number of benzene rings is 2. The van der Waals surface area contributed by atoms with Crippen LogP contribution in [-0.4, -0.2) is 80.9 Å². The number of fused-ring (bicyclic) bond motifs is 2. The smallest absolute Gasteiger partial charge is 0.846 e. The van der Waals surface area contributed by atoms with Crippen molar-refractivity contribution in [3.05, 3.63) is 129 Å². The van der Waals surface area contributed by atoms with Gasteiger partial charge in [-0.3, -0.25) is 46.7 Å². The van der Waals surface area contributed by atoms with E-state index in [-0.39, 0.29) is 169 Å². The van der Waals surface area contributed by atoms with Crippen LogP contribution in [0.1, 0.15) is 0 Å². The molecule has 0 radical (unpaired) electrons. The van der Waals surface area contributed by atoms with E-state index in [9.17, 15) is 66.6 Å². The van der Waals surface area contributed by atoms with Crippen LogP contribution in [0.15, 0.2) is 143 Å². The molecule has 6 rings (SSSR count). The van der Waals surface area contributed by atoms with Gasteiger partial charge >= 0.3 is 118 Å². The van der Waals surface area contributed by atoms with Crippen LogP contribution in [0.4, 0.5) is 22.7 Å². The molecule has 23 nitrogen and oxygen atoms in total. The predicted octanol–water partition coefficient (Wildman–Crippen LogP) is -12.3. The number of rotatable bonds is 12. The van der Waals surface area contributed by atoms with Crippen molar-refractivity contribution < 1.29 is 185 Å². The summed E-state index contributed by atoms with van der Waals surface area (Å²) in [5.41, 5.74) is 6.16. The van der Waals surface area contributed by atoms with Gasteiger partial charge in [-0.2, -0.15) is 8.42 Å². The van der Waals surface area contributed by atoms with Gasteiger partial charge < -0.3 is 24.1 Å². The zero-order chi connectivity index (χ0) is 44.1. The fraction of sp³-hybridized carbons (Fsp3) is 0. The van der Waals surface area contributed by atoms with Gasteiger partial charge in [0.2, 0.25) is 0 Å². The number of nitrogens with zero attached hydrogens (tertiary/aromatic N) is 1. The molecule has 4 aliphatic rings. The molecule has 0 heterocycles. The van der Waals surface area contributed by atoms with Crippen LogP contribution in [0.3, 0.4) is 0 Å². The van der Waals surface area contributed by atoms with Crippen LogP contribution in [-0.2, 0) is 50.1 Å². The van der Waals surface area contributed by atoms with Crippen LogP contribution in [0.25, 0.3) is 0 Å². The number of hydrogen-bond acceptors (Lipinski definition) is 21. The van der Waals surface area contributed by atoms with E-state index in [4.69, 9.17) is 10.8 Å². The maximum absolute atomic E-state index is 12.9.